The number of anilines is 1. The Morgan fingerprint density at radius 1 is 0.935 bits per heavy atom. The van der Waals surface area contributed by atoms with Crippen molar-refractivity contribution in [1.29, 1.82) is 0 Å². The second kappa shape index (κ2) is 7.08. The molecule has 5 heteroatoms. The number of Topliss-reactive ketones (excluding diaryl/α,β-unsaturated/α-hetero) is 1. The molecule has 2 saturated heterocycles. The average molecular weight is 427 g/mol. The number of hydrogen-bond donors (Lipinski definition) is 1. The minimum absolute atomic E-state index is 0.0423. The van der Waals surface area contributed by atoms with Gasteiger partial charge in [0.15, 0.2) is 5.78 Å². The Balaban J connectivity index is 1.62. The molecule has 154 valence electrons. The van der Waals surface area contributed by atoms with Gasteiger partial charge < -0.3 is 5.32 Å². The molecule has 0 aliphatic carbocycles. The Labute approximate surface area is 185 Å². The molecule has 2 fully saturated rings. The van der Waals surface area contributed by atoms with Crippen molar-refractivity contribution in [3.05, 3.63) is 102 Å². The quantitative estimate of drug-likeness (QED) is 0.627. The van der Waals surface area contributed by atoms with E-state index in [0.29, 0.717) is 5.56 Å². The van der Waals surface area contributed by atoms with Gasteiger partial charge in [-0.15, -0.1) is 11.8 Å². The fourth-order valence-electron chi connectivity index (χ4n) is 5.86. The molecule has 4 atom stereocenters. The number of carbonyl (C=O) groups excluding carboxylic acids is 2. The summed E-state index contributed by atoms with van der Waals surface area (Å²) >= 11 is 1.85. The van der Waals surface area contributed by atoms with Gasteiger partial charge in [-0.1, -0.05) is 78.9 Å². The molecule has 3 heterocycles. The summed E-state index contributed by atoms with van der Waals surface area (Å²) in [6, 6.07) is 27.7. The van der Waals surface area contributed by atoms with E-state index in [9.17, 15) is 9.59 Å². The minimum Gasteiger partial charge on any atom is -0.324 e. The standard InChI is InChI=1S/C26H22N2O2S/c29-24(18-11-5-2-6-12-18)23-22(17-9-3-1-4-10-17)21-15-31-16-28(21)26(23)19-13-7-8-14-20(19)27-25(26)30/h1-14,21-23H,15-16H2,(H,27,30)/t21-,22-,23-,26+/m0/s1. The van der Waals surface area contributed by atoms with Crippen LogP contribution in [0, 0.1) is 5.92 Å². The molecule has 1 N–H and O–H groups in total. The van der Waals surface area contributed by atoms with Gasteiger partial charge in [-0.05, 0) is 11.6 Å². The van der Waals surface area contributed by atoms with E-state index < -0.39 is 11.5 Å². The van der Waals surface area contributed by atoms with Crippen LogP contribution in [0.4, 0.5) is 5.69 Å². The molecule has 1 spiro atoms. The third-order valence-corrected chi connectivity index (χ3v) is 8.09. The van der Waals surface area contributed by atoms with Crippen molar-refractivity contribution in [3.8, 4) is 0 Å². The molecule has 3 aromatic carbocycles. The maximum Gasteiger partial charge on any atom is 0.250 e. The number of nitrogens with one attached hydrogen (secondary N) is 1. The highest BCUT2D eigenvalue weighted by Crippen LogP contribution is 2.61. The predicted molar refractivity (Wildman–Crippen MR) is 123 cm³/mol. The van der Waals surface area contributed by atoms with Gasteiger partial charge in [-0.2, -0.15) is 0 Å². The zero-order chi connectivity index (χ0) is 21.0. The molecular weight excluding hydrogens is 404 g/mol. The van der Waals surface area contributed by atoms with Crippen LogP contribution < -0.4 is 5.32 Å². The molecule has 0 saturated carbocycles. The van der Waals surface area contributed by atoms with Crippen molar-refractivity contribution >= 4 is 29.1 Å². The number of carbonyl (C=O) groups is 2. The predicted octanol–water partition coefficient (Wildman–Crippen LogP) is 4.51. The Morgan fingerprint density at radius 2 is 1.61 bits per heavy atom. The number of fused-ring (bicyclic) bond motifs is 4. The van der Waals surface area contributed by atoms with E-state index in [0.717, 1.165) is 28.4 Å². The van der Waals surface area contributed by atoms with Gasteiger partial charge in [0.2, 0.25) is 5.91 Å². The van der Waals surface area contributed by atoms with Crippen LogP contribution in [0.3, 0.4) is 0 Å². The highest BCUT2D eigenvalue weighted by Gasteiger charge is 2.69. The SMILES string of the molecule is O=C(c1ccccc1)[C@@H]1[C@@H](c2ccccc2)[C@@H]2CSCN2[C@@]12C(=O)Nc1ccccc12. The topological polar surface area (TPSA) is 49.4 Å². The lowest BCUT2D eigenvalue weighted by atomic mass is 9.69. The zero-order valence-electron chi connectivity index (χ0n) is 16.9. The van der Waals surface area contributed by atoms with Crippen molar-refractivity contribution in [2.24, 2.45) is 5.92 Å². The van der Waals surface area contributed by atoms with Gasteiger partial charge in [0.05, 0.1) is 5.92 Å². The first kappa shape index (κ1) is 18.8. The monoisotopic (exact) mass is 426 g/mol. The Morgan fingerprint density at radius 3 is 2.39 bits per heavy atom. The van der Waals surface area contributed by atoms with Crippen molar-refractivity contribution < 1.29 is 9.59 Å². The third kappa shape index (κ3) is 2.54. The van der Waals surface area contributed by atoms with Gasteiger partial charge in [0.25, 0.3) is 0 Å². The number of thioether (sulfide) groups is 1. The molecule has 3 aromatic rings. The third-order valence-electron chi connectivity index (χ3n) is 7.05. The first-order valence-corrected chi connectivity index (χ1v) is 11.8. The molecule has 6 rings (SSSR count). The van der Waals surface area contributed by atoms with E-state index in [4.69, 9.17) is 0 Å². The summed E-state index contributed by atoms with van der Waals surface area (Å²) in [5.74, 6) is 1.08. The van der Waals surface area contributed by atoms with Gasteiger partial charge in [-0.25, -0.2) is 0 Å². The van der Waals surface area contributed by atoms with Crippen molar-refractivity contribution in [2.75, 3.05) is 16.9 Å². The van der Waals surface area contributed by atoms with E-state index >= 15 is 0 Å². The summed E-state index contributed by atoms with van der Waals surface area (Å²) in [5.41, 5.74) is 2.56. The molecule has 0 unspecified atom stereocenters. The smallest absolute Gasteiger partial charge is 0.250 e. The van der Waals surface area contributed by atoms with Gasteiger partial charge in [0.1, 0.15) is 5.54 Å². The van der Waals surface area contributed by atoms with E-state index in [1.807, 2.05) is 84.6 Å². The molecule has 0 bridgehead atoms. The molecule has 1 amide bonds. The summed E-state index contributed by atoms with van der Waals surface area (Å²) in [4.78, 5) is 30.3. The molecule has 0 radical (unpaired) electrons. The van der Waals surface area contributed by atoms with Crippen LogP contribution in [0.2, 0.25) is 0 Å². The minimum atomic E-state index is -0.988. The number of rotatable bonds is 3. The van der Waals surface area contributed by atoms with Crippen LogP contribution in [0.15, 0.2) is 84.9 Å². The summed E-state index contributed by atoms with van der Waals surface area (Å²) < 4.78 is 0. The highest BCUT2D eigenvalue weighted by atomic mass is 32.2. The van der Waals surface area contributed by atoms with Gasteiger partial charge in [0, 0.05) is 40.4 Å². The fourth-order valence-corrected chi connectivity index (χ4v) is 7.19. The lowest BCUT2D eigenvalue weighted by Crippen LogP contribution is -2.52. The normalized spacial score (nSPS) is 29.0. The number of ketones is 1. The molecule has 3 aliphatic heterocycles. The Bertz CT molecular complexity index is 1170. The molecule has 31 heavy (non-hydrogen) atoms. The van der Waals surface area contributed by atoms with Crippen molar-refractivity contribution in [2.45, 2.75) is 17.5 Å². The van der Waals surface area contributed by atoms with E-state index in [-0.39, 0.29) is 23.7 Å². The maximum atomic E-state index is 14.2. The van der Waals surface area contributed by atoms with Crippen LogP contribution in [-0.4, -0.2) is 34.3 Å². The maximum absolute atomic E-state index is 14.2. The van der Waals surface area contributed by atoms with E-state index in [2.05, 4.69) is 22.3 Å². The van der Waals surface area contributed by atoms with Crippen LogP contribution in [-0.2, 0) is 10.3 Å². The lowest BCUT2D eigenvalue weighted by Gasteiger charge is -2.36. The van der Waals surface area contributed by atoms with Crippen LogP contribution >= 0.6 is 11.8 Å². The number of para-hydroxylation sites is 1. The Hall–Kier alpha value is -2.89. The number of amides is 1. The lowest BCUT2D eigenvalue weighted by molar-refractivity contribution is -0.127. The molecule has 4 nitrogen and oxygen atoms in total. The van der Waals surface area contributed by atoms with E-state index in [1.54, 1.807) is 0 Å². The number of nitrogens with zero attached hydrogens (tertiary/aromatic N) is 1. The van der Waals surface area contributed by atoms with Crippen molar-refractivity contribution in [3.63, 3.8) is 0 Å². The van der Waals surface area contributed by atoms with Crippen molar-refractivity contribution in [1.82, 2.24) is 4.90 Å². The first-order valence-electron chi connectivity index (χ1n) is 10.6. The summed E-state index contributed by atoms with van der Waals surface area (Å²) in [5, 5.41) is 3.11. The highest BCUT2D eigenvalue weighted by molar-refractivity contribution is 7.99. The second-order valence-electron chi connectivity index (χ2n) is 8.45. The van der Waals surface area contributed by atoms with Crippen LogP contribution in [0.5, 0.6) is 0 Å². The number of hydrogen-bond acceptors (Lipinski definition) is 4. The number of benzene rings is 3. The molecule has 0 aromatic heterocycles. The Kier molecular flexibility index (Phi) is 4.30. The fraction of sp³-hybridized carbons (Fsp3) is 0.231. The molecule has 3 aliphatic rings. The summed E-state index contributed by atoms with van der Waals surface area (Å²) in [6.45, 7) is 0. The van der Waals surface area contributed by atoms with E-state index in [1.165, 1.54) is 0 Å². The van der Waals surface area contributed by atoms with Crippen LogP contribution in [0.25, 0.3) is 0 Å². The van der Waals surface area contributed by atoms with Gasteiger partial charge in [-0.3, -0.25) is 14.5 Å². The van der Waals surface area contributed by atoms with Gasteiger partial charge >= 0.3 is 0 Å². The largest absolute Gasteiger partial charge is 0.324 e. The summed E-state index contributed by atoms with van der Waals surface area (Å²) in [7, 11) is 0. The molecular formula is C26H22N2O2S. The zero-order valence-corrected chi connectivity index (χ0v) is 17.7. The first-order chi connectivity index (χ1) is 15.2. The summed E-state index contributed by atoms with van der Waals surface area (Å²) in [6.07, 6.45) is 0. The average Bonchev–Trinajstić information content (AvgIpc) is 3.48. The van der Waals surface area contributed by atoms with Crippen LogP contribution in [0.1, 0.15) is 27.4 Å². The second-order valence-corrected chi connectivity index (χ2v) is 9.45.